The van der Waals surface area contributed by atoms with Gasteiger partial charge in [-0.25, -0.2) is 13.6 Å². The fraction of sp³-hybridized carbons (Fsp3) is 0.0714. The highest BCUT2D eigenvalue weighted by Crippen LogP contribution is 2.33. The molecule has 0 amide bonds. The van der Waals surface area contributed by atoms with Crippen LogP contribution in [0.3, 0.4) is 0 Å². The van der Waals surface area contributed by atoms with Crippen LogP contribution in [-0.2, 0) is 0 Å². The SMILES string of the molecule is COc1ccc(Oc2ccc(Br)cc2F)c(C(=O)O)c1F. The Morgan fingerprint density at radius 2 is 1.76 bits per heavy atom. The maximum Gasteiger partial charge on any atom is 0.342 e. The van der Waals surface area contributed by atoms with Gasteiger partial charge in [-0.05, 0) is 30.3 Å². The minimum atomic E-state index is -1.54. The number of benzene rings is 2. The Kier molecular flexibility index (Phi) is 4.42. The third-order valence-electron chi connectivity index (χ3n) is 2.62. The van der Waals surface area contributed by atoms with Gasteiger partial charge < -0.3 is 14.6 Å². The summed E-state index contributed by atoms with van der Waals surface area (Å²) < 4.78 is 38.0. The predicted octanol–water partition coefficient (Wildman–Crippen LogP) is 4.23. The van der Waals surface area contributed by atoms with Crippen LogP contribution in [0.25, 0.3) is 0 Å². The zero-order chi connectivity index (χ0) is 15.6. The van der Waals surface area contributed by atoms with Crippen molar-refractivity contribution in [1.29, 1.82) is 0 Å². The van der Waals surface area contributed by atoms with Gasteiger partial charge in [-0.15, -0.1) is 0 Å². The summed E-state index contributed by atoms with van der Waals surface area (Å²) in [4.78, 5) is 11.2. The normalized spacial score (nSPS) is 10.3. The highest BCUT2D eigenvalue weighted by molar-refractivity contribution is 9.10. The van der Waals surface area contributed by atoms with Gasteiger partial charge in [0.25, 0.3) is 0 Å². The molecule has 0 saturated heterocycles. The lowest BCUT2D eigenvalue weighted by atomic mass is 10.1. The van der Waals surface area contributed by atoms with E-state index in [1.807, 2.05) is 0 Å². The van der Waals surface area contributed by atoms with Crippen LogP contribution >= 0.6 is 15.9 Å². The molecule has 0 aliphatic heterocycles. The van der Waals surface area contributed by atoms with Crippen molar-refractivity contribution >= 4 is 21.9 Å². The van der Waals surface area contributed by atoms with E-state index in [1.165, 1.54) is 31.4 Å². The molecule has 0 bridgehead atoms. The smallest absolute Gasteiger partial charge is 0.342 e. The molecular weight excluding hydrogens is 350 g/mol. The fourth-order valence-electron chi connectivity index (χ4n) is 1.66. The van der Waals surface area contributed by atoms with Gasteiger partial charge in [0.15, 0.2) is 23.1 Å². The number of carboxylic acid groups (broad SMARTS) is 1. The first-order chi connectivity index (χ1) is 9.93. The van der Waals surface area contributed by atoms with Gasteiger partial charge in [0, 0.05) is 4.47 Å². The Balaban J connectivity index is 2.49. The Morgan fingerprint density at radius 1 is 1.14 bits per heavy atom. The van der Waals surface area contributed by atoms with Crippen molar-refractivity contribution in [3.05, 3.63) is 52.0 Å². The first-order valence-electron chi connectivity index (χ1n) is 5.66. The van der Waals surface area contributed by atoms with Gasteiger partial charge in [-0.3, -0.25) is 0 Å². The molecule has 7 heteroatoms. The summed E-state index contributed by atoms with van der Waals surface area (Å²) in [6.07, 6.45) is 0. The first kappa shape index (κ1) is 15.2. The number of hydrogen-bond acceptors (Lipinski definition) is 3. The molecule has 2 aromatic carbocycles. The van der Waals surface area contributed by atoms with Crippen molar-refractivity contribution in [2.24, 2.45) is 0 Å². The molecule has 0 radical (unpaired) electrons. The summed E-state index contributed by atoms with van der Waals surface area (Å²) >= 11 is 3.08. The van der Waals surface area contributed by atoms with Crippen LogP contribution in [0.15, 0.2) is 34.8 Å². The van der Waals surface area contributed by atoms with E-state index in [4.69, 9.17) is 14.6 Å². The fourth-order valence-corrected chi connectivity index (χ4v) is 1.99. The number of ether oxygens (including phenoxy) is 2. The second-order valence-electron chi connectivity index (χ2n) is 3.94. The van der Waals surface area contributed by atoms with Crippen LogP contribution in [0, 0.1) is 11.6 Å². The Labute approximate surface area is 127 Å². The Bertz CT molecular complexity index is 704. The lowest BCUT2D eigenvalue weighted by molar-refractivity contribution is 0.0688. The van der Waals surface area contributed by atoms with E-state index in [-0.39, 0.29) is 17.2 Å². The van der Waals surface area contributed by atoms with Crippen molar-refractivity contribution < 1.29 is 28.2 Å². The quantitative estimate of drug-likeness (QED) is 0.888. The van der Waals surface area contributed by atoms with Gasteiger partial charge >= 0.3 is 5.97 Å². The standard InChI is InChI=1S/C14H9BrF2O4/c1-20-11-5-4-10(12(13(11)17)14(18)19)21-9-3-2-7(15)6-8(9)16/h2-6H,1H3,(H,18,19). The molecule has 0 heterocycles. The highest BCUT2D eigenvalue weighted by atomic mass is 79.9. The summed E-state index contributed by atoms with van der Waals surface area (Å²) in [5.41, 5.74) is -0.725. The van der Waals surface area contributed by atoms with Crippen LogP contribution in [0.1, 0.15) is 10.4 Å². The van der Waals surface area contributed by atoms with E-state index in [0.717, 1.165) is 6.07 Å². The second-order valence-corrected chi connectivity index (χ2v) is 4.85. The lowest BCUT2D eigenvalue weighted by Gasteiger charge is -2.12. The number of methoxy groups -OCH3 is 1. The van der Waals surface area contributed by atoms with E-state index >= 15 is 0 Å². The number of hydrogen-bond donors (Lipinski definition) is 1. The van der Waals surface area contributed by atoms with Gasteiger partial charge in [0.2, 0.25) is 0 Å². The van der Waals surface area contributed by atoms with E-state index in [0.29, 0.717) is 4.47 Å². The lowest BCUT2D eigenvalue weighted by Crippen LogP contribution is -2.06. The topological polar surface area (TPSA) is 55.8 Å². The molecule has 110 valence electrons. The number of rotatable bonds is 4. The molecule has 4 nitrogen and oxygen atoms in total. The summed E-state index contributed by atoms with van der Waals surface area (Å²) in [7, 11) is 1.21. The largest absolute Gasteiger partial charge is 0.494 e. The zero-order valence-electron chi connectivity index (χ0n) is 10.7. The van der Waals surface area contributed by atoms with Crippen LogP contribution < -0.4 is 9.47 Å². The summed E-state index contributed by atoms with van der Waals surface area (Å²) in [6.45, 7) is 0. The van der Waals surface area contributed by atoms with Crippen molar-refractivity contribution in [1.82, 2.24) is 0 Å². The van der Waals surface area contributed by atoms with Crippen molar-refractivity contribution in [3.63, 3.8) is 0 Å². The van der Waals surface area contributed by atoms with E-state index in [1.54, 1.807) is 0 Å². The molecule has 0 saturated carbocycles. The zero-order valence-corrected chi connectivity index (χ0v) is 12.3. The van der Waals surface area contributed by atoms with Crippen molar-refractivity contribution in [3.8, 4) is 17.2 Å². The molecule has 0 aliphatic carbocycles. The van der Waals surface area contributed by atoms with Crippen LogP contribution in [0.4, 0.5) is 8.78 Å². The molecule has 1 N–H and O–H groups in total. The maximum atomic E-state index is 14.0. The molecule has 0 spiro atoms. The van der Waals surface area contributed by atoms with Gasteiger partial charge in [-0.1, -0.05) is 15.9 Å². The minimum Gasteiger partial charge on any atom is -0.494 e. The van der Waals surface area contributed by atoms with Crippen molar-refractivity contribution in [2.75, 3.05) is 7.11 Å². The molecule has 21 heavy (non-hydrogen) atoms. The highest BCUT2D eigenvalue weighted by Gasteiger charge is 2.22. The van der Waals surface area contributed by atoms with Crippen LogP contribution in [0.5, 0.6) is 17.2 Å². The number of aromatic carboxylic acids is 1. The molecular formula is C14H9BrF2O4. The first-order valence-corrected chi connectivity index (χ1v) is 6.46. The van der Waals surface area contributed by atoms with Gasteiger partial charge in [-0.2, -0.15) is 0 Å². The number of carbonyl (C=O) groups is 1. The monoisotopic (exact) mass is 358 g/mol. The van der Waals surface area contributed by atoms with E-state index < -0.39 is 23.2 Å². The average molecular weight is 359 g/mol. The van der Waals surface area contributed by atoms with Gasteiger partial charge in [0.1, 0.15) is 11.3 Å². The molecule has 0 unspecified atom stereocenters. The Morgan fingerprint density at radius 3 is 2.33 bits per heavy atom. The third kappa shape index (κ3) is 3.13. The molecule has 0 aliphatic rings. The molecule has 0 fully saturated rings. The van der Waals surface area contributed by atoms with Crippen molar-refractivity contribution in [2.45, 2.75) is 0 Å². The molecule has 0 aromatic heterocycles. The molecule has 2 aromatic rings. The average Bonchev–Trinajstić information content (AvgIpc) is 2.41. The maximum absolute atomic E-state index is 14.0. The number of carboxylic acids is 1. The third-order valence-corrected chi connectivity index (χ3v) is 3.11. The van der Waals surface area contributed by atoms with E-state index in [9.17, 15) is 13.6 Å². The van der Waals surface area contributed by atoms with E-state index in [2.05, 4.69) is 15.9 Å². The van der Waals surface area contributed by atoms with Crippen LogP contribution in [0.2, 0.25) is 0 Å². The molecule has 2 rings (SSSR count). The van der Waals surface area contributed by atoms with Crippen LogP contribution in [-0.4, -0.2) is 18.2 Å². The summed E-state index contributed by atoms with van der Waals surface area (Å²) in [6, 6.07) is 6.36. The molecule has 0 atom stereocenters. The summed E-state index contributed by atoms with van der Waals surface area (Å²) in [5, 5.41) is 9.08. The van der Waals surface area contributed by atoms with Gasteiger partial charge in [0.05, 0.1) is 7.11 Å². The second kappa shape index (κ2) is 6.09. The Hall–Kier alpha value is -2.15. The number of halogens is 3. The predicted molar refractivity (Wildman–Crippen MR) is 74.1 cm³/mol. The minimum absolute atomic E-state index is 0.217. The summed E-state index contributed by atoms with van der Waals surface area (Å²) in [5.74, 6) is -4.11.